The summed E-state index contributed by atoms with van der Waals surface area (Å²) in [6.07, 6.45) is -0.498. The van der Waals surface area contributed by atoms with E-state index in [1.807, 2.05) is 5.38 Å². The van der Waals surface area contributed by atoms with Crippen molar-refractivity contribution in [1.29, 1.82) is 0 Å². The third-order valence-electron chi connectivity index (χ3n) is 2.95. The van der Waals surface area contributed by atoms with Crippen molar-refractivity contribution in [2.75, 3.05) is 0 Å². The third kappa shape index (κ3) is 3.39. The van der Waals surface area contributed by atoms with Crippen molar-refractivity contribution in [2.45, 2.75) is 38.7 Å². The normalized spacial score (nSPS) is 13.5. The average Bonchev–Trinajstić information content (AvgIpc) is 2.77. The molecule has 4 heteroatoms. The highest BCUT2D eigenvalue weighted by atomic mass is 32.1. The Morgan fingerprint density at radius 1 is 1.32 bits per heavy atom. The van der Waals surface area contributed by atoms with Gasteiger partial charge in [0, 0.05) is 22.8 Å². The van der Waals surface area contributed by atoms with Gasteiger partial charge in [0.2, 0.25) is 0 Å². The fourth-order valence-electron chi connectivity index (χ4n) is 1.77. The third-order valence-corrected chi connectivity index (χ3v) is 3.82. The van der Waals surface area contributed by atoms with Gasteiger partial charge in [-0.05, 0) is 6.07 Å². The summed E-state index contributed by atoms with van der Waals surface area (Å²) < 4.78 is 13.6. The Hall–Kier alpha value is -1.26. The molecule has 0 spiro atoms. The quantitative estimate of drug-likeness (QED) is 0.925. The lowest BCUT2D eigenvalue weighted by molar-refractivity contribution is 0.173. The van der Waals surface area contributed by atoms with Gasteiger partial charge >= 0.3 is 0 Å². The minimum atomic E-state index is -0.847. The van der Waals surface area contributed by atoms with Crippen LogP contribution in [0.15, 0.2) is 29.6 Å². The van der Waals surface area contributed by atoms with Gasteiger partial charge in [0.05, 0.1) is 16.8 Å². The smallest absolute Gasteiger partial charge is 0.129 e. The zero-order valence-electron chi connectivity index (χ0n) is 11.4. The number of thiazole rings is 1. The maximum Gasteiger partial charge on any atom is 0.129 e. The molecule has 0 saturated heterocycles. The molecule has 19 heavy (non-hydrogen) atoms. The molecule has 2 rings (SSSR count). The summed E-state index contributed by atoms with van der Waals surface area (Å²) in [5, 5.41) is 12.9. The van der Waals surface area contributed by atoms with E-state index in [9.17, 15) is 9.50 Å². The molecule has 0 bridgehead atoms. The Balaban J connectivity index is 2.14. The Kier molecular flexibility index (Phi) is 4.02. The van der Waals surface area contributed by atoms with Gasteiger partial charge in [-0.25, -0.2) is 9.37 Å². The zero-order valence-corrected chi connectivity index (χ0v) is 12.2. The molecular weight excluding hydrogens is 261 g/mol. The van der Waals surface area contributed by atoms with E-state index in [0.29, 0.717) is 12.0 Å². The highest BCUT2D eigenvalue weighted by molar-refractivity contribution is 7.09. The molecule has 0 amide bonds. The predicted octanol–water partition coefficient (Wildman–Crippen LogP) is 3.86. The molecule has 102 valence electrons. The van der Waals surface area contributed by atoms with Crippen LogP contribution in [0.5, 0.6) is 0 Å². The summed E-state index contributed by atoms with van der Waals surface area (Å²) in [6.45, 7) is 6.29. The van der Waals surface area contributed by atoms with Crippen molar-refractivity contribution >= 4 is 11.3 Å². The van der Waals surface area contributed by atoms with E-state index in [1.54, 1.807) is 18.2 Å². The van der Waals surface area contributed by atoms with Gasteiger partial charge in [-0.3, -0.25) is 0 Å². The number of halogens is 1. The first kappa shape index (κ1) is 14.2. The highest BCUT2D eigenvalue weighted by Gasteiger charge is 2.19. The van der Waals surface area contributed by atoms with Crippen LogP contribution in [-0.4, -0.2) is 10.1 Å². The second-order valence-electron chi connectivity index (χ2n) is 5.62. The molecule has 0 fully saturated rings. The minimum Gasteiger partial charge on any atom is -0.388 e. The molecule has 0 radical (unpaired) electrons. The van der Waals surface area contributed by atoms with E-state index < -0.39 is 6.10 Å². The number of benzene rings is 1. The van der Waals surface area contributed by atoms with E-state index in [-0.39, 0.29) is 11.2 Å². The van der Waals surface area contributed by atoms with Gasteiger partial charge in [-0.1, -0.05) is 39.0 Å². The molecular formula is C15H18FNOS. The second-order valence-corrected chi connectivity index (χ2v) is 6.56. The molecule has 1 aromatic carbocycles. The molecule has 2 nitrogen and oxygen atoms in total. The maximum atomic E-state index is 13.6. The van der Waals surface area contributed by atoms with Crippen molar-refractivity contribution in [3.63, 3.8) is 0 Å². The molecule has 1 unspecified atom stereocenters. The fraction of sp³-hybridized carbons (Fsp3) is 0.400. The molecule has 0 aliphatic carbocycles. The van der Waals surface area contributed by atoms with E-state index in [1.165, 1.54) is 17.4 Å². The van der Waals surface area contributed by atoms with Gasteiger partial charge in [0.25, 0.3) is 0 Å². The highest BCUT2D eigenvalue weighted by Crippen LogP contribution is 2.27. The summed E-state index contributed by atoms with van der Waals surface area (Å²) in [4.78, 5) is 4.51. The molecule has 1 aromatic heterocycles. The van der Waals surface area contributed by atoms with Crippen LogP contribution in [0.1, 0.15) is 43.1 Å². The molecule has 1 N–H and O–H groups in total. The topological polar surface area (TPSA) is 33.1 Å². The first-order valence-electron chi connectivity index (χ1n) is 6.25. The number of aliphatic hydroxyl groups is 1. The van der Waals surface area contributed by atoms with E-state index in [4.69, 9.17) is 0 Å². The van der Waals surface area contributed by atoms with Crippen molar-refractivity contribution in [2.24, 2.45) is 0 Å². The number of aromatic nitrogens is 1. The summed E-state index contributed by atoms with van der Waals surface area (Å²) >= 11 is 1.51. The van der Waals surface area contributed by atoms with Crippen LogP contribution < -0.4 is 0 Å². The van der Waals surface area contributed by atoms with Crippen molar-refractivity contribution in [3.8, 4) is 0 Å². The standard InChI is InChI=1S/C15H18FNOS/c1-15(2,3)13-9-19-14(17-13)8-12(18)10-6-4-5-7-11(10)16/h4-7,9,12,18H,8H2,1-3H3. The predicted molar refractivity (Wildman–Crippen MR) is 75.9 cm³/mol. The summed E-state index contributed by atoms with van der Waals surface area (Å²) in [5.41, 5.74) is 1.33. The zero-order chi connectivity index (χ0) is 14.0. The summed E-state index contributed by atoms with van der Waals surface area (Å²) in [5.74, 6) is -0.373. The van der Waals surface area contributed by atoms with E-state index in [0.717, 1.165) is 10.7 Å². The number of nitrogens with zero attached hydrogens (tertiary/aromatic N) is 1. The second kappa shape index (κ2) is 5.39. The minimum absolute atomic E-state index is 0.00228. The average molecular weight is 279 g/mol. The number of hydrogen-bond donors (Lipinski definition) is 1. The molecule has 0 aliphatic rings. The molecule has 0 saturated carbocycles. The summed E-state index contributed by atoms with van der Waals surface area (Å²) in [7, 11) is 0. The van der Waals surface area contributed by atoms with Gasteiger partial charge < -0.3 is 5.11 Å². The largest absolute Gasteiger partial charge is 0.388 e. The fourth-order valence-corrected chi connectivity index (χ4v) is 2.83. The SMILES string of the molecule is CC(C)(C)c1csc(CC(O)c2ccccc2F)n1. The van der Waals surface area contributed by atoms with Crippen molar-refractivity contribution in [3.05, 3.63) is 51.7 Å². The maximum absolute atomic E-state index is 13.6. The lowest BCUT2D eigenvalue weighted by Crippen LogP contribution is -2.12. The number of aliphatic hydroxyl groups excluding tert-OH is 1. The van der Waals surface area contributed by atoms with Crippen LogP contribution >= 0.6 is 11.3 Å². The lowest BCUT2D eigenvalue weighted by atomic mass is 9.93. The van der Waals surface area contributed by atoms with Crippen LogP contribution in [0.25, 0.3) is 0 Å². The Morgan fingerprint density at radius 2 is 2.00 bits per heavy atom. The number of rotatable bonds is 3. The van der Waals surface area contributed by atoms with Gasteiger partial charge in [0.15, 0.2) is 0 Å². The number of hydrogen-bond acceptors (Lipinski definition) is 3. The van der Waals surface area contributed by atoms with Crippen LogP contribution in [-0.2, 0) is 11.8 Å². The monoisotopic (exact) mass is 279 g/mol. The van der Waals surface area contributed by atoms with E-state index in [2.05, 4.69) is 25.8 Å². The Morgan fingerprint density at radius 3 is 2.58 bits per heavy atom. The lowest BCUT2D eigenvalue weighted by Gasteiger charge is -2.14. The van der Waals surface area contributed by atoms with Crippen LogP contribution in [0.2, 0.25) is 0 Å². The Labute approximate surface area is 116 Å². The van der Waals surface area contributed by atoms with Crippen molar-refractivity contribution < 1.29 is 9.50 Å². The van der Waals surface area contributed by atoms with Gasteiger partial charge in [0.1, 0.15) is 5.82 Å². The van der Waals surface area contributed by atoms with Gasteiger partial charge in [-0.15, -0.1) is 11.3 Å². The van der Waals surface area contributed by atoms with Crippen LogP contribution in [0, 0.1) is 5.82 Å². The molecule has 1 heterocycles. The first-order valence-corrected chi connectivity index (χ1v) is 7.13. The van der Waals surface area contributed by atoms with Crippen molar-refractivity contribution in [1.82, 2.24) is 4.98 Å². The molecule has 0 aliphatic heterocycles. The van der Waals surface area contributed by atoms with E-state index >= 15 is 0 Å². The van der Waals surface area contributed by atoms with Gasteiger partial charge in [-0.2, -0.15) is 0 Å². The first-order chi connectivity index (χ1) is 8.88. The summed E-state index contributed by atoms with van der Waals surface area (Å²) in [6, 6.07) is 6.32. The van der Waals surface area contributed by atoms with Crippen LogP contribution in [0.3, 0.4) is 0 Å². The van der Waals surface area contributed by atoms with Crippen LogP contribution in [0.4, 0.5) is 4.39 Å². The molecule has 1 atom stereocenters. The Bertz CT molecular complexity index is 559. The molecule has 2 aromatic rings.